The van der Waals surface area contributed by atoms with E-state index in [1.54, 1.807) is 18.2 Å². The van der Waals surface area contributed by atoms with Crippen LogP contribution in [-0.4, -0.2) is 17.7 Å². The van der Waals surface area contributed by atoms with Crippen LogP contribution in [0.15, 0.2) is 72.8 Å². The number of primary amides is 1. The van der Waals surface area contributed by atoms with Gasteiger partial charge in [-0.1, -0.05) is 48.5 Å². The van der Waals surface area contributed by atoms with Gasteiger partial charge >= 0.3 is 0 Å². The first-order valence-corrected chi connectivity index (χ1v) is 10.1. The quantitative estimate of drug-likeness (QED) is 0.453. The molecule has 7 heteroatoms. The molecule has 0 saturated carbocycles. The van der Waals surface area contributed by atoms with Crippen LogP contribution >= 0.6 is 0 Å². The van der Waals surface area contributed by atoms with Crippen LogP contribution in [0, 0.1) is 0 Å². The van der Waals surface area contributed by atoms with E-state index >= 15 is 0 Å². The molecule has 1 aliphatic heterocycles. The molecule has 0 aromatic heterocycles. The Morgan fingerprint density at radius 3 is 2.31 bits per heavy atom. The Hall–Kier alpha value is -4.39. The zero-order valence-electron chi connectivity index (χ0n) is 17.4. The number of anilines is 2. The van der Waals surface area contributed by atoms with Crippen molar-refractivity contribution in [3.63, 3.8) is 0 Å². The summed E-state index contributed by atoms with van der Waals surface area (Å²) in [5.41, 5.74) is 10.6. The van der Waals surface area contributed by atoms with Gasteiger partial charge in [0.05, 0.1) is 11.3 Å². The van der Waals surface area contributed by atoms with E-state index in [0.29, 0.717) is 34.6 Å². The molecule has 1 aliphatic rings. The number of carbonyl (C=O) groups excluding carboxylic acids is 3. The van der Waals surface area contributed by atoms with Crippen molar-refractivity contribution in [2.24, 2.45) is 5.73 Å². The molecule has 7 nitrogen and oxygen atoms in total. The van der Waals surface area contributed by atoms with Gasteiger partial charge in [-0.15, -0.1) is 0 Å². The summed E-state index contributed by atoms with van der Waals surface area (Å²) in [6.45, 7) is 1.92. The molecule has 1 heterocycles. The second kappa shape index (κ2) is 8.77. The standard InChI is InChI=1S/C25H22N4O3/c1-15(30)27-14-16-7-10-19(11-8-16)28-23(17-5-3-2-4-6-17)22-20-12-9-18(24(26)31)13-21(20)29-25(22)32/h2-13,28H,14H2,1H3,(H2,26,31)(H,27,30)(H,29,32). The first-order chi connectivity index (χ1) is 15.4. The fourth-order valence-electron chi connectivity index (χ4n) is 3.53. The Kier molecular flexibility index (Phi) is 5.72. The number of amides is 3. The molecule has 32 heavy (non-hydrogen) atoms. The Morgan fingerprint density at radius 2 is 1.66 bits per heavy atom. The number of rotatable bonds is 6. The monoisotopic (exact) mass is 426 g/mol. The zero-order chi connectivity index (χ0) is 22.7. The smallest absolute Gasteiger partial charge is 0.258 e. The zero-order valence-corrected chi connectivity index (χ0v) is 17.4. The van der Waals surface area contributed by atoms with Crippen molar-refractivity contribution in [1.82, 2.24) is 5.32 Å². The highest BCUT2D eigenvalue weighted by Crippen LogP contribution is 2.38. The summed E-state index contributed by atoms with van der Waals surface area (Å²) < 4.78 is 0. The SMILES string of the molecule is CC(=O)NCc1ccc(NC(=C2C(=O)Nc3cc(C(N)=O)ccc32)c2ccccc2)cc1. The third kappa shape index (κ3) is 4.37. The number of nitrogens with one attached hydrogen (secondary N) is 3. The van der Waals surface area contributed by atoms with Gasteiger partial charge in [0.2, 0.25) is 11.8 Å². The lowest BCUT2D eigenvalue weighted by Gasteiger charge is -2.15. The summed E-state index contributed by atoms with van der Waals surface area (Å²) in [4.78, 5) is 35.6. The third-order valence-electron chi connectivity index (χ3n) is 5.13. The molecule has 3 aromatic carbocycles. The van der Waals surface area contributed by atoms with Crippen molar-refractivity contribution in [3.8, 4) is 0 Å². The van der Waals surface area contributed by atoms with E-state index in [1.807, 2.05) is 54.6 Å². The molecule has 0 radical (unpaired) electrons. The number of hydrogen-bond acceptors (Lipinski definition) is 4. The molecule has 3 aromatic rings. The molecular formula is C25H22N4O3. The maximum absolute atomic E-state index is 13.0. The number of hydrogen-bond donors (Lipinski definition) is 4. The van der Waals surface area contributed by atoms with Gasteiger partial charge < -0.3 is 21.7 Å². The molecule has 0 bridgehead atoms. The highest BCUT2D eigenvalue weighted by atomic mass is 16.2. The predicted molar refractivity (Wildman–Crippen MR) is 124 cm³/mol. The molecule has 0 atom stereocenters. The maximum atomic E-state index is 13.0. The lowest BCUT2D eigenvalue weighted by Crippen LogP contribution is -2.18. The van der Waals surface area contributed by atoms with Gasteiger partial charge in [0.25, 0.3) is 5.91 Å². The van der Waals surface area contributed by atoms with Gasteiger partial charge in [0.15, 0.2) is 0 Å². The molecule has 3 amide bonds. The average molecular weight is 426 g/mol. The van der Waals surface area contributed by atoms with E-state index < -0.39 is 5.91 Å². The number of carbonyl (C=O) groups is 3. The van der Waals surface area contributed by atoms with E-state index in [9.17, 15) is 14.4 Å². The second-order valence-electron chi connectivity index (χ2n) is 7.43. The van der Waals surface area contributed by atoms with Gasteiger partial charge in [-0.05, 0) is 35.4 Å². The molecule has 0 spiro atoms. The Bertz CT molecular complexity index is 1230. The summed E-state index contributed by atoms with van der Waals surface area (Å²) in [6, 6.07) is 22.1. The van der Waals surface area contributed by atoms with Gasteiger partial charge in [-0.2, -0.15) is 0 Å². The first kappa shape index (κ1) is 20.9. The van der Waals surface area contributed by atoms with Crippen LogP contribution in [0.1, 0.15) is 34.0 Å². The molecule has 160 valence electrons. The topological polar surface area (TPSA) is 113 Å². The number of fused-ring (bicyclic) bond motifs is 1. The minimum atomic E-state index is -0.555. The van der Waals surface area contributed by atoms with Crippen LogP contribution in [0.2, 0.25) is 0 Å². The normalized spacial score (nSPS) is 13.7. The van der Waals surface area contributed by atoms with Crippen LogP contribution in [-0.2, 0) is 16.1 Å². The van der Waals surface area contributed by atoms with Gasteiger partial charge in [-0.25, -0.2) is 0 Å². The fraction of sp³-hybridized carbons (Fsp3) is 0.0800. The largest absolute Gasteiger partial charge is 0.366 e. The summed E-state index contributed by atoms with van der Waals surface area (Å²) in [7, 11) is 0. The lowest BCUT2D eigenvalue weighted by molar-refractivity contribution is -0.119. The van der Waals surface area contributed by atoms with Gasteiger partial charge in [0, 0.05) is 36.0 Å². The third-order valence-corrected chi connectivity index (χ3v) is 5.13. The predicted octanol–water partition coefficient (Wildman–Crippen LogP) is 3.35. The van der Waals surface area contributed by atoms with Crippen molar-refractivity contribution >= 4 is 40.4 Å². The van der Waals surface area contributed by atoms with Gasteiger partial charge in [0.1, 0.15) is 0 Å². The molecule has 0 aliphatic carbocycles. The van der Waals surface area contributed by atoms with Crippen molar-refractivity contribution in [2.75, 3.05) is 10.6 Å². The van der Waals surface area contributed by atoms with Crippen LogP contribution < -0.4 is 21.7 Å². The first-order valence-electron chi connectivity index (χ1n) is 10.1. The highest BCUT2D eigenvalue weighted by molar-refractivity contribution is 6.37. The maximum Gasteiger partial charge on any atom is 0.258 e. The van der Waals surface area contributed by atoms with E-state index in [1.165, 1.54) is 6.92 Å². The Balaban J connectivity index is 1.75. The van der Waals surface area contributed by atoms with E-state index in [0.717, 1.165) is 16.8 Å². The molecule has 0 unspecified atom stereocenters. The van der Waals surface area contributed by atoms with Crippen LogP contribution in [0.3, 0.4) is 0 Å². The number of nitrogens with two attached hydrogens (primary N) is 1. The Morgan fingerprint density at radius 1 is 0.938 bits per heavy atom. The molecule has 0 saturated heterocycles. The Labute approximate surface area is 185 Å². The molecular weight excluding hydrogens is 404 g/mol. The summed E-state index contributed by atoms with van der Waals surface area (Å²) in [5, 5.41) is 8.98. The van der Waals surface area contributed by atoms with E-state index in [2.05, 4.69) is 16.0 Å². The summed E-state index contributed by atoms with van der Waals surface area (Å²) in [5.74, 6) is -0.913. The summed E-state index contributed by atoms with van der Waals surface area (Å²) in [6.07, 6.45) is 0. The van der Waals surface area contributed by atoms with Crippen LogP contribution in [0.25, 0.3) is 11.3 Å². The van der Waals surface area contributed by atoms with Crippen LogP contribution in [0.4, 0.5) is 11.4 Å². The fourth-order valence-corrected chi connectivity index (χ4v) is 3.53. The van der Waals surface area contributed by atoms with E-state index in [-0.39, 0.29) is 11.8 Å². The molecule has 4 rings (SSSR count). The minimum Gasteiger partial charge on any atom is -0.366 e. The molecule has 0 fully saturated rings. The van der Waals surface area contributed by atoms with Crippen molar-refractivity contribution < 1.29 is 14.4 Å². The van der Waals surface area contributed by atoms with Crippen molar-refractivity contribution in [1.29, 1.82) is 0 Å². The number of benzene rings is 3. The van der Waals surface area contributed by atoms with Crippen molar-refractivity contribution in [2.45, 2.75) is 13.5 Å². The second-order valence-corrected chi connectivity index (χ2v) is 7.43. The van der Waals surface area contributed by atoms with Crippen LogP contribution in [0.5, 0.6) is 0 Å². The van der Waals surface area contributed by atoms with E-state index in [4.69, 9.17) is 5.73 Å². The lowest BCUT2D eigenvalue weighted by atomic mass is 9.99. The van der Waals surface area contributed by atoms with Crippen molar-refractivity contribution in [3.05, 3.63) is 95.1 Å². The highest BCUT2D eigenvalue weighted by Gasteiger charge is 2.29. The average Bonchev–Trinajstić information content (AvgIpc) is 3.12. The minimum absolute atomic E-state index is 0.0892. The molecule has 5 N–H and O–H groups in total. The summed E-state index contributed by atoms with van der Waals surface area (Å²) >= 11 is 0. The van der Waals surface area contributed by atoms with Gasteiger partial charge in [-0.3, -0.25) is 14.4 Å².